The largest absolute Gasteiger partial charge is 0.329 e. The van der Waals surface area contributed by atoms with E-state index in [1.807, 2.05) is 0 Å². The second-order valence-corrected chi connectivity index (χ2v) is 5.80. The van der Waals surface area contributed by atoms with Crippen molar-refractivity contribution in [2.24, 2.45) is 5.73 Å². The van der Waals surface area contributed by atoms with Gasteiger partial charge in [-0.2, -0.15) is 0 Å². The minimum absolute atomic E-state index is 0.479. The number of rotatable bonds is 5. The number of piperidine rings is 1. The molecule has 0 spiro atoms. The quantitative estimate of drug-likeness (QED) is 0.879. The van der Waals surface area contributed by atoms with Crippen LogP contribution in [0.3, 0.4) is 0 Å². The zero-order valence-electron chi connectivity index (χ0n) is 12.4. The minimum atomic E-state index is 0.479. The van der Waals surface area contributed by atoms with E-state index in [0.717, 1.165) is 12.6 Å². The van der Waals surface area contributed by atoms with Crippen LogP contribution in [-0.4, -0.2) is 30.1 Å². The lowest BCUT2D eigenvalue weighted by atomic mass is 9.88. The molecule has 3 atom stereocenters. The molecular weight excluding hydrogens is 232 g/mol. The smallest absolute Gasteiger partial charge is 0.0287 e. The van der Waals surface area contributed by atoms with Gasteiger partial charge in [0.05, 0.1) is 0 Å². The van der Waals surface area contributed by atoms with Crippen LogP contribution in [0, 0.1) is 0 Å². The number of hydrogen-bond acceptors (Lipinski definition) is 2. The molecule has 19 heavy (non-hydrogen) atoms. The van der Waals surface area contributed by atoms with Gasteiger partial charge in [-0.25, -0.2) is 0 Å². The van der Waals surface area contributed by atoms with E-state index in [-0.39, 0.29) is 0 Å². The molecule has 0 saturated carbocycles. The molecule has 1 fully saturated rings. The van der Waals surface area contributed by atoms with Gasteiger partial charge in [-0.3, -0.25) is 4.90 Å². The van der Waals surface area contributed by atoms with E-state index in [4.69, 9.17) is 5.73 Å². The molecule has 2 rings (SSSR count). The minimum Gasteiger partial charge on any atom is -0.329 e. The molecule has 1 heterocycles. The lowest BCUT2D eigenvalue weighted by molar-refractivity contribution is 0.0831. The van der Waals surface area contributed by atoms with Crippen molar-refractivity contribution >= 4 is 0 Å². The van der Waals surface area contributed by atoms with Crippen LogP contribution in [0.15, 0.2) is 30.3 Å². The molecule has 0 radical (unpaired) electrons. The van der Waals surface area contributed by atoms with Gasteiger partial charge in [0, 0.05) is 18.6 Å². The van der Waals surface area contributed by atoms with Gasteiger partial charge in [-0.05, 0) is 37.3 Å². The Bertz CT molecular complexity index is 363. The molecular formula is C17H28N2. The van der Waals surface area contributed by atoms with Crippen LogP contribution >= 0.6 is 0 Å². The van der Waals surface area contributed by atoms with Gasteiger partial charge < -0.3 is 5.73 Å². The topological polar surface area (TPSA) is 29.3 Å². The zero-order valence-corrected chi connectivity index (χ0v) is 12.4. The molecule has 1 aliphatic rings. The van der Waals surface area contributed by atoms with Gasteiger partial charge in [0.2, 0.25) is 0 Å². The normalized spacial score (nSPS) is 24.1. The van der Waals surface area contributed by atoms with E-state index in [1.165, 1.54) is 37.8 Å². The molecule has 1 saturated heterocycles. The predicted molar refractivity (Wildman–Crippen MR) is 82.3 cm³/mol. The van der Waals surface area contributed by atoms with E-state index < -0.39 is 0 Å². The highest BCUT2D eigenvalue weighted by atomic mass is 15.2. The second kappa shape index (κ2) is 7.06. The first-order chi connectivity index (χ1) is 9.27. The molecule has 0 bridgehead atoms. The third-order valence-corrected chi connectivity index (χ3v) is 4.71. The van der Waals surface area contributed by atoms with Crippen LogP contribution in [0.4, 0.5) is 0 Å². The van der Waals surface area contributed by atoms with Crippen LogP contribution in [0.1, 0.15) is 51.0 Å². The van der Waals surface area contributed by atoms with E-state index in [2.05, 4.69) is 49.1 Å². The SMILES string of the molecule is CCC1CCCCN1C(CN)C(C)c1ccccc1. The molecule has 2 N–H and O–H groups in total. The third kappa shape index (κ3) is 3.37. The number of hydrogen-bond donors (Lipinski definition) is 1. The summed E-state index contributed by atoms with van der Waals surface area (Å²) in [7, 11) is 0. The van der Waals surface area contributed by atoms with Gasteiger partial charge in [0.15, 0.2) is 0 Å². The van der Waals surface area contributed by atoms with E-state index in [9.17, 15) is 0 Å². The number of likely N-dealkylation sites (tertiary alicyclic amines) is 1. The summed E-state index contributed by atoms with van der Waals surface area (Å²) in [6.07, 6.45) is 5.30. The lowest BCUT2D eigenvalue weighted by Gasteiger charge is -2.43. The van der Waals surface area contributed by atoms with Gasteiger partial charge in [-0.1, -0.05) is 50.6 Å². The maximum absolute atomic E-state index is 6.12. The van der Waals surface area contributed by atoms with Crippen molar-refractivity contribution in [2.45, 2.75) is 57.5 Å². The lowest BCUT2D eigenvalue weighted by Crippen LogP contribution is -2.51. The monoisotopic (exact) mass is 260 g/mol. The van der Waals surface area contributed by atoms with Crippen LogP contribution in [0.2, 0.25) is 0 Å². The molecule has 0 amide bonds. The van der Waals surface area contributed by atoms with Gasteiger partial charge in [0.1, 0.15) is 0 Å². The Morgan fingerprint density at radius 1 is 1.26 bits per heavy atom. The van der Waals surface area contributed by atoms with Crippen molar-refractivity contribution in [3.05, 3.63) is 35.9 Å². The summed E-state index contributed by atoms with van der Waals surface area (Å²) < 4.78 is 0. The standard InChI is InChI=1S/C17H28N2/c1-3-16-11-7-8-12-19(16)17(13-18)14(2)15-9-5-4-6-10-15/h4-6,9-10,14,16-17H,3,7-8,11-13,18H2,1-2H3. The molecule has 0 aromatic heterocycles. The Hall–Kier alpha value is -0.860. The first-order valence-corrected chi connectivity index (χ1v) is 7.78. The predicted octanol–water partition coefficient (Wildman–Crippen LogP) is 3.38. The van der Waals surface area contributed by atoms with Gasteiger partial charge in [-0.15, -0.1) is 0 Å². The molecule has 106 valence electrons. The third-order valence-electron chi connectivity index (χ3n) is 4.71. The highest BCUT2D eigenvalue weighted by Crippen LogP contribution is 2.29. The molecule has 3 unspecified atom stereocenters. The summed E-state index contributed by atoms with van der Waals surface area (Å²) in [4.78, 5) is 2.68. The molecule has 2 nitrogen and oxygen atoms in total. The van der Waals surface area contributed by atoms with Crippen molar-refractivity contribution in [3.63, 3.8) is 0 Å². The fraction of sp³-hybridized carbons (Fsp3) is 0.647. The summed E-state index contributed by atoms with van der Waals surface area (Å²) in [5.74, 6) is 0.512. The van der Waals surface area contributed by atoms with Crippen LogP contribution < -0.4 is 5.73 Å². The average Bonchev–Trinajstić information content (AvgIpc) is 2.49. The van der Waals surface area contributed by atoms with Crippen molar-refractivity contribution < 1.29 is 0 Å². The fourth-order valence-electron chi connectivity index (χ4n) is 3.50. The van der Waals surface area contributed by atoms with E-state index in [0.29, 0.717) is 12.0 Å². The maximum atomic E-state index is 6.12. The molecule has 1 aromatic carbocycles. The van der Waals surface area contributed by atoms with Crippen molar-refractivity contribution in [1.29, 1.82) is 0 Å². The first kappa shape index (κ1) is 14.5. The Morgan fingerprint density at radius 2 is 2.00 bits per heavy atom. The Morgan fingerprint density at radius 3 is 2.63 bits per heavy atom. The maximum Gasteiger partial charge on any atom is 0.0287 e. The van der Waals surface area contributed by atoms with Crippen LogP contribution in [-0.2, 0) is 0 Å². The zero-order chi connectivity index (χ0) is 13.7. The highest BCUT2D eigenvalue weighted by molar-refractivity contribution is 5.21. The second-order valence-electron chi connectivity index (χ2n) is 5.80. The number of nitrogens with two attached hydrogens (primary N) is 1. The fourth-order valence-corrected chi connectivity index (χ4v) is 3.50. The molecule has 0 aliphatic carbocycles. The Balaban J connectivity index is 2.14. The summed E-state index contributed by atoms with van der Waals surface area (Å²) in [6.45, 7) is 6.61. The highest BCUT2D eigenvalue weighted by Gasteiger charge is 2.30. The van der Waals surface area contributed by atoms with Crippen molar-refractivity contribution in [1.82, 2.24) is 4.90 Å². The van der Waals surface area contributed by atoms with E-state index >= 15 is 0 Å². The summed E-state index contributed by atoms with van der Waals surface area (Å²) in [5.41, 5.74) is 7.53. The number of benzene rings is 1. The Kier molecular flexibility index (Phi) is 5.41. The summed E-state index contributed by atoms with van der Waals surface area (Å²) >= 11 is 0. The van der Waals surface area contributed by atoms with E-state index in [1.54, 1.807) is 0 Å². The first-order valence-electron chi connectivity index (χ1n) is 7.78. The van der Waals surface area contributed by atoms with Crippen LogP contribution in [0.25, 0.3) is 0 Å². The Labute approximate surface area is 118 Å². The van der Waals surface area contributed by atoms with Crippen molar-refractivity contribution in [3.8, 4) is 0 Å². The molecule has 1 aromatic rings. The number of nitrogens with zero attached hydrogens (tertiary/aromatic N) is 1. The van der Waals surface area contributed by atoms with Crippen molar-refractivity contribution in [2.75, 3.05) is 13.1 Å². The molecule has 2 heteroatoms. The summed E-state index contributed by atoms with van der Waals surface area (Å²) in [6, 6.07) is 12.0. The molecule has 1 aliphatic heterocycles. The van der Waals surface area contributed by atoms with Gasteiger partial charge >= 0.3 is 0 Å². The average molecular weight is 260 g/mol. The summed E-state index contributed by atoms with van der Waals surface area (Å²) in [5, 5.41) is 0. The van der Waals surface area contributed by atoms with Gasteiger partial charge in [0.25, 0.3) is 0 Å². The van der Waals surface area contributed by atoms with Crippen LogP contribution in [0.5, 0.6) is 0 Å².